The molecular weight excluding hydrogens is 272 g/mol. The lowest BCUT2D eigenvalue weighted by Crippen LogP contribution is -1.99. The maximum Gasteiger partial charge on any atom is 0.198 e. The van der Waals surface area contributed by atoms with E-state index in [-0.39, 0.29) is 5.78 Å². The van der Waals surface area contributed by atoms with E-state index in [4.69, 9.17) is 16.0 Å². The molecule has 0 saturated heterocycles. The summed E-state index contributed by atoms with van der Waals surface area (Å²) < 4.78 is 5.57. The minimum atomic E-state index is 0.00104. The van der Waals surface area contributed by atoms with Crippen LogP contribution in [0.4, 0.5) is 0 Å². The van der Waals surface area contributed by atoms with Crippen molar-refractivity contribution in [3.8, 4) is 0 Å². The zero-order valence-corrected chi connectivity index (χ0v) is 11.6. The third-order valence-corrected chi connectivity index (χ3v) is 3.55. The van der Waals surface area contributed by atoms with Crippen LogP contribution < -0.4 is 0 Å². The molecule has 1 heterocycles. The number of para-hydroxylation sites is 1. The lowest BCUT2D eigenvalue weighted by molar-refractivity contribution is 0.0958. The van der Waals surface area contributed by atoms with Gasteiger partial charge in [-0.15, -0.1) is 0 Å². The van der Waals surface area contributed by atoms with Crippen molar-refractivity contribution in [2.45, 2.75) is 12.8 Å². The molecule has 100 valence electrons. The zero-order chi connectivity index (χ0) is 13.9. The van der Waals surface area contributed by atoms with Crippen molar-refractivity contribution in [1.82, 2.24) is 0 Å². The van der Waals surface area contributed by atoms with Crippen LogP contribution in [-0.2, 0) is 6.42 Å². The molecule has 3 rings (SSSR count). The van der Waals surface area contributed by atoms with Gasteiger partial charge < -0.3 is 4.42 Å². The van der Waals surface area contributed by atoms with Crippen LogP contribution in [0.15, 0.2) is 59.0 Å². The number of carbonyl (C=O) groups excluding carboxylic acids is 1. The molecule has 0 aliphatic rings. The van der Waals surface area contributed by atoms with Gasteiger partial charge in [0.15, 0.2) is 17.1 Å². The molecule has 2 nitrogen and oxygen atoms in total. The summed E-state index contributed by atoms with van der Waals surface area (Å²) in [5, 5.41) is 1.39. The van der Waals surface area contributed by atoms with E-state index in [1.165, 1.54) is 0 Å². The van der Waals surface area contributed by atoms with Gasteiger partial charge in [0.2, 0.25) is 0 Å². The van der Waals surface area contributed by atoms with Crippen molar-refractivity contribution in [3.05, 3.63) is 70.9 Å². The SMILES string of the molecule is O=C(CCc1ccccc1)c1cc2cccc(Cl)c2o1. The predicted octanol–water partition coefficient (Wildman–Crippen LogP) is 4.90. The lowest BCUT2D eigenvalue weighted by Gasteiger charge is -1.98. The summed E-state index contributed by atoms with van der Waals surface area (Å²) >= 11 is 6.04. The number of hydrogen-bond acceptors (Lipinski definition) is 2. The number of ketones is 1. The molecule has 0 saturated carbocycles. The predicted molar refractivity (Wildman–Crippen MR) is 80.3 cm³/mol. The molecule has 0 bridgehead atoms. The Hall–Kier alpha value is -2.06. The van der Waals surface area contributed by atoms with Crippen LogP contribution in [0.3, 0.4) is 0 Å². The maximum atomic E-state index is 12.2. The Labute approximate surface area is 122 Å². The molecule has 0 N–H and O–H groups in total. The topological polar surface area (TPSA) is 30.2 Å². The highest BCUT2D eigenvalue weighted by Gasteiger charge is 2.13. The van der Waals surface area contributed by atoms with Gasteiger partial charge in [0.25, 0.3) is 0 Å². The smallest absolute Gasteiger partial charge is 0.198 e. The molecule has 0 amide bonds. The molecule has 1 aromatic heterocycles. The summed E-state index contributed by atoms with van der Waals surface area (Å²) in [4.78, 5) is 12.2. The van der Waals surface area contributed by atoms with Crippen molar-refractivity contribution in [2.24, 2.45) is 0 Å². The van der Waals surface area contributed by atoms with Gasteiger partial charge in [0.1, 0.15) is 0 Å². The second kappa shape index (κ2) is 5.51. The third-order valence-electron chi connectivity index (χ3n) is 3.25. The molecule has 0 aliphatic carbocycles. The molecule has 2 aromatic carbocycles. The highest BCUT2D eigenvalue weighted by molar-refractivity contribution is 6.34. The van der Waals surface area contributed by atoms with E-state index >= 15 is 0 Å². The largest absolute Gasteiger partial charge is 0.451 e. The number of carbonyl (C=O) groups is 1. The number of halogens is 1. The van der Waals surface area contributed by atoms with Gasteiger partial charge in [-0.1, -0.05) is 54.1 Å². The van der Waals surface area contributed by atoms with Gasteiger partial charge in [0, 0.05) is 11.8 Å². The minimum Gasteiger partial charge on any atom is -0.451 e. The van der Waals surface area contributed by atoms with E-state index in [1.54, 1.807) is 12.1 Å². The van der Waals surface area contributed by atoms with Crippen LogP contribution in [-0.4, -0.2) is 5.78 Å². The van der Waals surface area contributed by atoms with E-state index in [2.05, 4.69) is 0 Å². The Morgan fingerprint density at radius 3 is 2.60 bits per heavy atom. The Kier molecular flexibility index (Phi) is 3.57. The minimum absolute atomic E-state index is 0.00104. The number of hydrogen-bond donors (Lipinski definition) is 0. The summed E-state index contributed by atoms with van der Waals surface area (Å²) in [5.74, 6) is 0.380. The monoisotopic (exact) mass is 284 g/mol. The highest BCUT2D eigenvalue weighted by Crippen LogP contribution is 2.27. The summed E-state index contributed by atoms with van der Waals surface area (Å²) in [7, 11) is 0. The van der Waals surface area contributed by atoms with Crippen molar-refractivity contribution >= 4 is 28.4 Å². The molecule has 0 fully saturated rings. The van der Waals surface area contributed by atoms with Crippen LogP contribution in [0.1, 0.15) is 22.5 Å². The molecule has 0 radical (unpaired) electrons. The van der Waals surface area contributed by atoms with E-state index in [1.807, 2.05) is 42.5 Å². The molecule has 20 heavy (non-hydrogen) atoms. The summed E-state index contributed by atoms with van der Waals surface area (Å²) in [5.41, 5.74) is 1.73. The van der Waals surface area contributed by atoms with Crippen molar-refractivity contribution in [3.63, 3.8) is 0 Å². The molecule has 0 spiro atoms. The Morgan fingerprint density at radius 2 is 1.85 bits per heavy atom. The normalized spacial score (nSPS) is 10.8. The summed E-state index contributed by atoms with van der Waals surface area (Å²) in [6.45, 7) is 0. The number of rotatable bonds is 4. The van der Waals surface area contributed by atoms with Gasteiger partial charge in [-0.2, -0.15) is 0 Å². The summed E-state index contributed by atoms with van der Waals surface area (Å²) in [6.07, 6.45) is 1.14. The first-order chi connectivity index (χ1) is 9.74. The number of Topliss-reactive ketones (excluding diaryl/α,β-unsaturated/α-hetero) is 1. The van der Waals surface area contributed by atoms with Crippen LogP contribution in [0.5, 0.6) is 0 Å². The number of benzene rings is 2. The summed E-state index contributed by atoms with van der Waals surface area (Å²) in [6, 6.07) is 17.2. The van der Waals surface area contributed by atoms with Crippen LogP contribution in [0.2, 0.25) is 5.02 Å². The molecule has 3 heteroatoms. The molecule has 0 atom stereocenters. The van der Waals surface area contributed by atoms with E-state index < -0.39 is 0 Å². The van der Waals surface area contributed by atoms with Crippen LogP contribution in [0, 0.1) is 0 Å². The van der Waals surface area contributed by atoms with Crippen molar-refractivity contribution in [2.75, 3.05) is 0 Å². The fourth-order valence-electron chi connectivity index (χ4n) is 2.19. The van der Waals surface area contributed by atoms with Crippen molar-refractivity contribution in [1.29, 1.82) is 0 Å². The number of aryl methyl sites for hydroxylation is 1. The van der Waals surface area contributed by atoms with Crippen LogP contribution >= 0.6 is 11.6 Å². The first kappa shape index (κ1) is 12.9. The fraction of sp³-hybridized carbons (Fsp3) is 0.118. The zero-order valence-electron chi connectivity index (χ0n) is 10.8. The molecule has 0 aliphatic heterocycles. The Bertz CT molecular complexity index is 744. The quantitative estimate of drug-likeness (QED) is 0.638. The van der Waals surface area contributed by atoms with Gasteiger partial charge in [0.05, 0.1) is 5.02 Å². The van der Waals surface area contributed by atoms with Gasteiger partial charge >= 0.3 is 0 Å². The lowest BCUT2D eigenvalue weighted by atomic mass is 10.1. The fourth-order valence-corrected chi connectivity index (χ4v) is 2.41. The number of furan rings is 1. The second-order valence-corrected chi connectivity index (χ2v) is 5.08. The van der Waals surface area contributed by atoms with Gasteiger partial charge in [-0.05, 0) is 24.1 Å². The Morgan fingerprint density at radius 1 is 1.05 bits per heavy atom. The van der Waals surface area contributed by atoms with E-state index in [0.717, 1.165) is 10.9 Å². The molecule has 0 unspecified atom stereocenters. The van der Waals surface area contributed by atoms with E-state index in [9.17, 15) is 4.79 Å². The van der Waals surface area contributed by atoms with E-state index in [0.29, 0.717) is 29.2 Å². The van der Waals surface area contributed by atoms with Gasteiger partial charge in [-0.3, -0.25) is 4.79 Å². The second-order valence-electron chi connectivity index (χ2n) is 4.68. The van der Waals surface area contributed by atoms with Crippen LogP contribution in [0.25, 0.3) is 11.0 Å². The Balaban J connectivity index is 1.77. The van der Waals surface area contributed by atoms with Crippen molar-refractivity contribution < 1.29 is 9.21 Å². The standard InChI is InChI=1S/C17H13ClO2/c18-14-8-4-7-13-11-16(20-17(13)14)15(19)10-9-12-5-2-1-3-6-12/h1-8,11H,9-10H2. The van der Waals surface area contributed by atoms with Gasteiger partial charge in [-0.25, -0.2) is 0 Å². The molecular formula is C17H13ClO2. The molecule has 3 aromatic rings. The average Bonchev–Trinajstić information content (AvgIpc) is 2.91. The average molecular weight is 285 g/mol. The third kappa shape index (κ3) is 2.61. The number of fused-ring (bicyclic) bond motifs is 1. The first-order valence-corrected chi connectivity index (χ1v) is 6.87. The maximum absolute atomic E-state index is 12.2. The first-order valence-electron chi connectivity index (χ1n) is 6.49. The highest BCUT2D eigenvalue weighted by atomic mass is 35.5.